The maximum atomic E-state index is 12.7. The number of likely N-dealkylation sites (tertiary alicyclic amines) is 1. The number of rotatable bonds is 5. The van der Waals surface area contributed by atoms with E-state index >= 15 is 0 Å². The first-order chi connectivity index (χ1) is 11.7. The quantitative estimate of drug-likeness (QED) is 0.914. The van der Waals surface area contributed by atoms with Crippen LogP contribution in [0.2, 0.25) is 0 Å². The number of hydrogen-bond acceptors (Lipinski definition) is 3. The van der Waals surface area contributed by atoms with Crippen LogP contribution in [-0.4, -0.2) is 35.4 Å². The van der Waals surface area contributed by atoms with Crippen molar-refractivity contribution in [3.8, 4) is 0 Å². The average molecular weight is 323 g/mol. The Kier molecular flexibility index (Phi) is 5.47. The fourth-order valence-electron chi connectivity index (χ4n) is 3.21. The molecule has 1 amide bonds. The molecular weight excluding hydrogens is 298 g/mol. The molecule has 0 radical (unpaired) electrons. The van der Waals surface area contributed by atoms with Gasteiger partial charge in [0.25, 0.3) is 5.91 Å². The smallest absolute Gasteiger partial charge is 0.255 e. The van der Waals surface area contributed by atoms with Crippen LogP contribution in [0.25, 0.3) is 0 Å². The molecule has 3 rings (SSSR count). The third kappa shape index (κ3) is 4.34. The van der Waals surface area contributed by atoms with Crippen molar-refractivity contribution in [3.63, 3.8) is 0 Å². The second-order valence-corrected chi connectivity index (χ2v) is 6.62. The van der Waals surface area contributed by atoms with Gasteiger partial charge in [-0.25, -0.2) is 0 Å². The van der Waals surface area contributed by atoms with Gasteiger partial charge in [-0.1, -0.05) is 37.3 Å². The molecule has 1 N–H and O–H groups in total. The van der Waals surface area contributed by atoms with E-state index in [-0.39, 0.29) is 5.91 Å². The number of hydrogen-bond donors (Lipinski definition) is 1. The number of nitrogens with zero attached hydrogens (tertiary/aromatic N) is 2. The van der Waals surface area contributed by atoms with E-state index in [1.165, 1.54) is 12.0 Å². The van der Waals surface area contributed by atoms with Crippen LogP contribution < -0.4 is 5.32 Å². The SMILES string of the molecule is CC1CCCN(C(=O)c2cncc(NCCc3ccccc3)c2)C1. The predicted octanol–water partition coefficient (Wildman–Crippen LogP) is 3.61. The Hall–Kier alpha value is -2.36. The Morgan fingerprint density at radius 2 is 2.12 bits per heavy atom. The molecule has 1 saturated heterocycles. The van der Waals surface area contributed by atoms with Crippen LogP contribution in [0.5, 0.6) is 0 Å². The summed E-state index contributed by atoms with van der Waals surface area (Å²) in [4.78, 5) is 18.8. The molecule has 2 heterocycles. The van der Waals surface area contributed by atoms with Crippen molar-refractivity contribution in [2.24, 2.45) is 5.92 Å². The van der Waals surface area contributed by atoms with Gasteiger partial charge in [-0.2, -0.15) is 0 Å². The predicted molar refractivity (Wildman–Crippen MR) is 97.2 cm³/mol. The van der Waals surface area contributed by atoms with Gasteiger partial charge in [0.15, 0.2) is 0 Å². The van der Waals surface area contributed by atoms with Gasteiger partial charge in [0.2, 0.25) is 0 Å². The van der Waals surface area contributed by atoms with Crippen molar-refractivity contribution in [2.45, 2.75) is 26.2 Å². The second kappa shape index (κ2) is 7.95. The zero-order valence-electron chi connectivity index (χ0n) is 14.2. The highest BCUT2D eigenvalue weighted by atomic mass is 16.2. The van der Waals surface area contributed by atoms with Crippen molar-refractivity contribution in [2.75, 3.05) is 25.0 Å². The van der Waals surface area contributed by atoms with Gasteiger partial charge >= 0.3 is 0 Å². The van der Waals surface area contributed by atoms with Gasteiger partial charge < -0.3 is 10.2 Å². The molecule has 1 aliphatic rings. The van der Waals surface area contributed by atoms with Gasteiger partial charge in [-0.15, -0.1) is 0 Å². The minimum Gasteiger partial charge on any atom is -0.383 e. The largest absolute Gasteiger partial charge is 0.383 e. The van der Waals surface area contributed by atoms with E-state index in [1.807, 2.05) is 17.0 Å². The third-order valence-electron chi connectivity index (χ3n) is 4.52. The summed E-state index contributed by atoms with van der Waals surface area (Å²) in [5.41, 5.74) is 2.88. The number of piperidine rings is 1. The summed E-state index contributed by atoms with van der Waals surface area (Å²) < 4.78 is 0. The van der Waals surface area contributed by atoms with Gasteiger partial charge in [0.05, 0.1) is 11.3 Å². The van der Waals surface area contributed by atoms with Crippen LogP contribution >= 0.6 is 0 Å². The summed E-state index contributed by atoms with van der Waals surface area (Å²) in [6, 6.07) is 12.3. The summed E-state index contributed by atoms with van der Waals surface area (Å²) in [5.74, 6) is 0.684. The average Bonchev–Trinajstić information content (AvgIpc) is 2.62. The first kappa shape index (κ1) is 16.5. The number of benzene rings is 1. The monoisotopic (exact) mass is 323 g/mol. The maximum Gasteiger partial charge on any atom is 0.255 e. The van der Waals surface area contributed by atoms with E-state index in [1.54, 1.807) is 12.4 Å². The lowest BCUT2D eigenvalue weighted by molar-refractivity contribution is 0.0682. The van der Waals surface area contributed by atoms with Crippen LogP contribution in [0.3, 0.4) is 0 Å². The second-order valence-electron chi connectivity index (χ2n) is 6.62. The fraction of sp³-hybridized carbons (Fsp3) is 0.400. The molecule has 126 valence electrons. The molecule has 4 heteroatoms. The molecule has 0 saturated carbocycles. The maximum absolute atomic E-state index is 12.7. The van der Waals surface area contributed by atoms with E-state index in [9.17, 15) is 4.79 Å². The van der Waals surface area contributed by atoms with E-state index in [2.05, 4.69) is 41.5 Å². The minimum absolute atomic E-state index is 0.0979. The number of aromatic nitrogens is 1. The summed E-state index contributed by atoms with van der Waals surface area (Å²) in [5, 5.41) is 3.37. The minimum atomic E-state index is 0.0979. The Balaban J connectivity index is 1.58. The molecule has 1 unspecified atom stereocenters. The molecule has 2 aromatic rings. The molecule has 1 aromatic heterocycles. The Morgan fingerprint density at radius 3 is 2.92 bits per heavy atom. The van der Waals surface area contributed by atoms with Gasteiger partial charge in [-0.3, -0.25) is 9.78 Å². The lowest BCUT2D eigenvalue weighted by Gasteiger charge is -2.31. The highest BCUT2D eigenvalue weighted by molar-refractivity contribution is 5.94. The lowest BCUT2D eigenvalue weighted by atomic mass is 10.00. The first-order valence-electron chi connectivity index (χ1n) is 8.74. The number of anilines is 1. The summed E-state index contributed by atoms with van der Waals surface area (Å²) in [6.07, 6.45) is 6.70. The topological polar surface area (TPSA) is 45.2 Å². The molecule has 0 aliphatic carbocycles. The Bertz CT molecular complexity index is 672. The molecule has 0 spiro atoms. The molecule has 1 atom stereocenters. The number of amides is 1. The van der Waals surface area contributed by atoms with Crippen LogP contribution in [-0.2, 0) is 6.42 Å². The molecule has 1 fully saturated rings. The van der Waals surface area contributed by atoms with Crippen molar-refractivity contribution >= 4 is 11.6 Å². The zero-order valence-corrected chi connectivity index (χ0v) is 14.2. The van der Waals surface area contributed by atoms with Crippen molar-refractivity contribution in [1.82, 2.24) is 9.88 Å². The van der Waals surface area contributed by atoms with Crippen LogP contribution in [0.15, 0.2) is 48.8 Å². The Morgan fingerprint density at radius 1 is 1.29 bits per heavy atom. The van der Waals surface area contributed by atoms with E-state index < -0.39 is 0 Å². The van der Waals surface area contributed by atoms with Crippen LogP contribution in [0.4, 0.5) is 5.69 Å². The number of pyridine rings is 1. The van der Waals surface area contributed by atoms with Gasteiger partial charge in [0, 0.05) is 32.0 Å². The third-order valence-corrected chi connectivity index (χ3v) is 4.52. The molecule has 4 nitrogen and oxygen atoms in total. The fourth-order valence-corrected chi connectivity index (χ4v) is 3.21. The molecule has 24 heavy (non-hydrogen) atoms. The number of carbonyl (C=O) groups excluding carboxylic acids is 1. The normalized spacial score (nSPS) is 17.5. The first-order valence-corrected chi connectivity index (χ1v) is 8.74. The lowest BCUT2D eigenvalue weighted by Crippen LogP contribution is -2.39. The summed E-state index contributed by atoms with van der Waals surface area (Å²) in [7, 11) is 0. The molecule has 0 bridgehead atoms. The molecule has 1 aliphatic heterocycles. The van der Waals surface area contributed by atoms with E-state index in [0.29, 0.717) is 11.5 Å². The van der Waals surface area contributed by atoms with E-state index in [0.717, 1.165) is 38.2 Å². The molecular formula is C20H25N3O. The van der Waals surface area contributed by atoms with Gasteiger partial charge in [0.1, 0.15) is 0 Å². The van der Waals surface area contributed by atoms with Crippen molar-refractivity contribution in [3.05, 3.63) is 59.9 Å². The van der Waals surface area contributed by atoms with Crippen molar-refractivity contribution in [1.29, 1.82) is 0 Å². The van der Waals surface area contributed by atoms with E-state index in [4.69, 9.17) is 0 Å². The summed E-state index contributed by atoms with van der Waals surface area (Å²) in [6.45, 7) is 4.74. The highest BCUT2D eigenvalue weighted by Gasteiger charge is 2.22. The summed E-state index contributed by atoms with van der Waals surface area (Å²) >= 11 is 0. The number of carbonyl (C=O) groups is 1. The van der Waals surface area contributed by atoms with Gasteiger partial charge in [-0.05, 0) is 36.8 Å². The number of nitrogens with one attached hydrogen (secondary N) is 1. The molecule has 1 aromatic carbocycles. The van der Waals surface area contributed by atoms with Crippen LogP contribution in [0, 0.1) is 5.92 Å². The highest BCUT2D eigenvalue weighted by Crippen LogP contribution is 2.19. The standard InChI is InChI=1S/C20H25N3O/c1-16-6-5-11-23(15-16)20(24)18-12-19(14-21-13-18)22-10-9-17-7-3-2-4-8-17/h2-4,7-8,12-14,16,22H,5-6,9-11,15H2,1H3. The van der Waals surface area contributed by atoms with Crippen molar-refractivity contribution < 1.29 is 4.79 Å². The zero-order chi connectivity index (χ0) is 16.8. The Labute approximate surface area is 143 Å². The van der Waals surface area contributed by atoms with Crippen LogP contribution in [0.1, 0.15) is 35.7 Å².